The van der Waals surface area contributed by atoms with Gasteiger partial charge in [0.2, 0.25) is 0 Å². The fraction of sp³-hybridized carbons (Fsp3) is 0.591. The van der Waals surface area contributed by atoms with Crippen molar-refractivity contribution in [3.05, 3.63) is 41.5 Å². The van der Waals surface area contributed by atoms with Crippen LogP contribution < -0.4 is 0 Å². The Morgan fingerprint density at radius 1 is 1.16 bits per heavy atom. The normalized spacial score (nSPS) is 22.4. The van der Waals surface area contributed by atoms with E-state index < -0.39 is 6.10 Å². The van der Waals surface area contributed by atoms with E-state index in [2.05, 4.69) is 30.3 Å². The van der Waals surface area contributed by atoms with E-state index in [-0.39, 0.29) is 5.97 Å². The zero-order valence-corrected chi connectivity index (χ0v) is 18.4. The smallest absolute Gasteiger partial charge is 0.335 e. The second-order valence-electron chi connectivity index (χ2n) is 9.13. The fourth-order valence-corrected chi connectivity index (χ4v) is 5.11. The Bertz CT molecular complexity index is 989. The lowest BCUT2D eigenvalue weighted by atomic mass is 9.71. The Morgan fingerprint density at radius 3 is 2.56 bits per heavy atom. The first kappa shape index (κ1) is 21.0. The molecule has 5 rings (SSSR count). The van der Waals surface area contributed by atoms with Crippen molar-refractivity contribution in [2.24, 2.45) is 5.41 Å². The number of piperidine rings is 2. The molecule has 0 amide bonds. The number of pyridine rings is 1. The summed E-state index contributed by atoms with van der Waals surface area (Å²) < 4.78 is 6.67. The summed E-state index contributed by atoms with van der Waals surface area (Å²) in [6.07, 6.45) is 5.40. The third-order valence-corrected chi connectivity index (χ3v) is 7.31. The monoisotopic (exact) mass is 439 g/mol. The summed E-state index contributed by atoms with van der Waals surface area (Å²) in [5.41, 5.74) is 2.83. The number of carbonyl (C=O) groups is 1. The number of esters is 1. The minimum atomic E-state index is -0.655. The molecule has 3 aliphatic heterocycles. The van der Waals surface area contributed by atoms with E-state index in [1.165, 1.54) is 11.0 Å². The number of aliphatic hydroxyl groups excluding tert-OH is 1. The van der Waals surface area contributed by atoms with E-state index in [0.29, 0.717) is 30.1 Å². The van der Waals surface area contributed by atoms with Crippen LogP contribution >= 0.6 is 0 Å². The van der Waals surface area contributed by atoms with Gasteiger partial charge in [-0.1, -0.05) is 6.07 Å². The molecule has 32 heavy (non-hydrogen) atoms. The number of hydrogen-bond donors (Lipinski definition) is 1. The highest BCUT2D eigenvalue weighted by atomic mass is 16.5. The van der Waals surface area contributed by atoms with Gasteiger partial charge in [0.1, 0.15) is 19.0 Å². The van der Waals surface area contributed by atoms with Gasteiger partial charge in [0, 0.05) is 19.6 Å². The Hall–Kier alpha value is -2.85. The van der Waals surface area contributed by atoms with Crippen molar-refractivity contribution in [2.45, 2.75) is 38.7 Å². The van der Waals surface area contributed by atoms with Gasteiger partial charge in [-0.2, -0.15) is 4.68 Å². The molecule has 0 aliphatic carbocycles. The molecular weight excluding hydrogens is 410 g/mol. The van der Waals surface area contributed by atoms with Gasteiger partial charge in [-0.25, -0.2) is 9.78 Å². The molecule has 1 N–H and O–H groups in total. The van der Waals surface area contributed by atoms with Gasteiger partial charge in [0.25, 0.3) is 0 Å². The number of likely N-dealkylation sites (tertiary alicyclic amines) is 2. The topological polar surface area (TPSA) is 110 Å². The highest BCUT2D eigenvalue weighted by molar-refractivity contribution is 5.90. The molecule has 5 heterocycles. The molecule has 10 nitrogen and oxygen atoms in total. The average Bonchev–Trinajstić information content (AvgIpc) is 3.47. The fourth-order valence-electron chi connectivity index (χ4n) is 5.11. The number of β-amino-alcohol motifs (C(OH)–C–C–N with tert-alkyl or cyclic N) is 1. The predicted molar refractivity (Wildman–Crippen MR) is 114 cm³/mol. The maximum Gasteiger partial charge on any atom is 0.335 e. The summed E-state index contributed by atoms with van der Waals surface area (Å²) in [6.45, 7) is 6.79. The first-order chi connectivity index (χ1) is 15.5. The van der Waals surface area contributed by atoms with Crippen LogP contribution in [0.1, 0.15) is 44.4 Å². The van der Waals surface area contributed by atoms with E-state index in [1.807, 2.05) is 25.1 Å². The Balaban J connectivity index is 1.14. The SMILES string of the molecule is CC1=C(N2CCC3(CCN(CC(O)c4cccc(-n5cnnn5)n4)CC3)CC2)COC1=O. The largest absolute Gasteiger partial charge is 0.456 e. The Morgan fingerprint density at radius 2 is 1.91 bits per heavy atom. The van der Waals surface area contributed by atoms with Crippen molar-refractivity contribution < 1.29 is 14.6 Å². The van der Waals surface area contributed by atoms with Crippen LogP contribution in [-0.4, -0.2) is 85.4 Å². The molecule has 2 fully saturated rings. The van der Waals surface area contributed by atoms with Crippen molar-refractivity contribution in [1.82, 2.24) is 35.0 Å². The third kappa shape index (κ3) is 4.12. The predicted octanol–water partition coefficient (Wildman–Crippen LogP) is 1.10. The molecule has 0 bridgehead atoms. The van der Waals surface area contributed by atoms with Crippen molar-refractivity contribution in [1.29, 1.82) is 0 Å². The summed E-state index contributed by atoms with van der Waals surface area (Å²) in [5, 5.41) is 21.9. The highest BCUT2D eigenvalue weighted by Crippen LogP contribution is 2.42. The molecule has 3 aliphatic rings. The van der Waals surface area contributed by atoms with E-state index in [1.54, 1.807) is 0 Å². The second kappa shape index (κ2) is 8.59. The molecule has 2 saturated heterocycles. The van der Waals surface area contributed by atoms with Crippen LogP contribution in [0.5, 0.6) is 0 Å². The number of cyclic esters (lactones) is 1. The van der Waals surface area contributed by atoms with Gasteiger partial charge in [0.15, 0.2) is 5.82 Å². The Kier molecular flexibility index (Phi) is 5.64. The second-order valence-corrected chi connectivity index (χ2v) is 9.13. The number of hydrogen-bond acceptors (Lipinski definition) is 9. The van der Waals surface area contributed by atoms with Gasteiger partial charge in [-0.05, 0) is 73.7 Å². The number of ether oxygens (including phenoxy) is 1. The van der Waals surface area contributed by atoms with Crippen LogP contribution in [-0.2, 0) is 9.53 Å². The molecule has 2 aromatic heterocycles. The van der Waals surface area contributed by atoms with Crippen LogP contribution in [0.25, 0.3) is 5.82 Å². The molecule has 1 atom stereocenters. The van der Waals surface area contributed by atoms with Gasteiger partial charge in [-0.15, -0.1) is 5.10 Å². The molecule has 170 valence electrons. The van der Waals surface area contributed by atoms with Crippen molar-refractivity contribution in [3.63, 3.8) is 0 Å². The minimum absolute atomic E-state index is 0.176. The lowest BCUT2D eigenvalue weighted by Gasteiger charge is -2.47. The van der Waals surface area contributed by atoms with Crippen LogP contribution in [0.2, 0.25) is 0 Å². The minimum Gasteiger partial charge on any atom is -0.456 e. The summed E-state index contributed by atoms with van der Waals surface area (Å²) in [7, 11) is 0. The number of tetrazole rings is 1. The van der Waals surface area contributed by atoms with Gasteiger partial charge in [-0.3, -0.25) is 0 Å². The zero-order valence-electron chi connectivity index (χ0n) is 18.4. The van der Waals surface area contributed by atoms with Crippen molar-refractivity contribution in [2.75, 3.05) is 39.3 Å². The quantitative estimate of drug-likeness (QED) is 0.685. The van der Waals surface area contributed by atoms with Crippen molar-refractivity contribution in [3.8, 4) is 5.82 Å². The molecule has 2 aromatic rings. The summed E-state index contributed by atoms with van der Waals surface area (Å²) in [5.74, 6) is 0.417. The summed E-state index contributed by atoms with van der Waals surface area (Å²) in [4.78, 5) is 20.9. The molecule has 0 saturated carbocycles. The third-order valence-electron chi connectivity index (χ3n) is 7.31. The van der Waals surface area contributed by atoms with Gasteiger partial charge < -0.3 is 19.6 Å². The first-order valence-electron chi connectivity index (χ1n) is 11.3. The maximum absolute atomic E-state index is 11.7. The number of aliphatic hydroxyl groups is 1. The van der Waals surface area contributed by atoms with Crippen molar-refractivity contribution >= 4 is 5.97 Å². The molecule has 0 radical (unpaired) electrons. The molecule has 0 aromatic carbocycles. The summed E-state index contributed by atoms with van der Waals surface area (Å²) in [6, 6.07) is 5.52. The van der Waals surface area contributed by atoms with E-state index in [4.69, 9.17) is 4.74 Å². The zero-order chi connectivity index (χ0) is 22.1. The van der Waals surface area contributed by atoms with Crippen LogP contribution in [0.3, 0.4) is 0 Å². The lowest BCUT2D eigenvalue weighted by molar-refractivity contribution is -0.136. The van der Waals surface area contributed by atoms with Gasteiger partial charge >= 0.3 is 5.97 Å². The molecule has 1 unspecified atom stereocenters. The number of carbonyl (C=O) groups excluding carboxylic acids is 1. The molecular formula is C22H29N7O3. The standard InChI is InChI=1S/C22H29N7O3/c1-16-18(14-32-21(16)31)28-11-7-22(8-12-28)5-9-27(10-6-22)13-19(30)17-3-2-4-20(24-17)29-15-23-25-26-29/h2-4,15,19,30H,5-14H2,1H3. The highest BCUT2D eigenvalue weighted by Gasteiger charge is 2.39. The summed E-state index contributed by atoms with van der Waals surface area (Å²) >= 11 is 0. The Labute approximate surface area is 186 Å². The van der Waals surface area contributed by atoms with E-state index in [0.717, 1.165) is 63.1 Å². The number of nitrogens with zero attached hydrogens (tertiary/aromatic N) is 7. The van der Waals surface area contributed by atoms with Gasteiger partial charge in [0.05, 0.1) is 17.0 Å². The van der Waals surface area contributed by atoms with Crippen LogP contribution in [0, 0.1) is 5.41 Å². The number of aromatic nitrogens is 5. The molecule has 10 heteroatoms. The van der Waals surface area contributed by atoms with E-state index >= 15 is 0 Å². The average molecular weight is 440 g/mol. The van der Waals surface area contributed by atoms with Crippen LogP contribution in [0.4, 0.5) is 0 Å². The van der Waals surface area contributed by atoms with E-state index in [9.17, 15) is 9.90 Å². The number of rotatable bonds is 5. The lowest BCUT2D eigenvalue weighted by Crippen LogP contribution is -2.47. The molecule has 1 spiro atoms. The maximum atomic E-state index is 11.7. The first-order valence-corrected chi connectivity index (χ1v) is 11.3. The van der Waals surface area contributed by atoms with Crippen LogP contribution in [0.15, 0.2) is 35.8 Å².